The van der Waals surface area contributed by atoms with Crippen molar-refractivity contribution in [2.75, 3.05) is 13.1 Å². The van der Waals surface area contributed by atoms with E-state index in [0.717, 1.165) is 13.1 Å². The molecule has 4 heteroatoms. The molecule has 13 heavy (non-hydrogen) atoms. The first-order chi connectivity index (χ1) is 6.08. The number of hydrogen-bond acceptors (Lipinski definition) is 1. The van der Waals surface area contributed by atoms with E-state index in [1.54, 1.807) is 4.90 Å². The highest BCUT2D eigenvalue weighted by molar-refractivity contribution is 5.80. The summed E-state index contributed by atoms with van der Waals surface area (Å²) in [7, 11) is 0. The minimum atomic E-state index is -2.52. The summed E-state index contributed by atoms with van der Waals surface area (Å²) in [6.45, 7) is 1.65. The van der Waals surface area contributed by atoms with E-state index in [1.165, 1.54) is 0 Å². The summed E-state index contributed by atoms with van der Waals surface area (Å²) in [5.74, 6) is -2.55. The third-order valence-corrected chi connectivity index (χ3v) is 2.83. The van der Waals surface area contributed by atoms with Gasteiger partial charge in [0.15, 0.2) is 0 Å². The van der Waals surface area contributed by atoms with Crippen LogP contribution < -0.4 is 0 Å². The first kappa shape index (κ1) is 8.91. The van der Waals surface area contributed by atoms with Crippen molar-refractivity contribution < 1.29 is 13.6 Å². The molecule has 2 fully saturated rings. The fourth-order valence-corrected chi connectivity index (χ4v) is 1.82. The Bertz CT molecular complexity index is 216. The number of amides is 1. The second-order valence-electron chi connectivity index (χ2n) is 3.96. The molecule has 2 rings (SSSR count). The number of carbonyl (C=O) groups excluding carboxylic acids is 1. The Morgan fingerprint density at radius 1 is 1.23 bits per heavy atom. The molecule has 1 saturated heterocycles. The van der Waals surface area contributed by atoms with Gasteiger partial charge in [-0.15, -0.1) is 0 Å². The molecule has 0 bridgehead atoms. The number of alkyl halides is 2. The van der Waals surface area contributed by atoms with Crippen molar-refractivity contribution in [3.8, 4) is 0 Å². The van der Waals surface area contributed by atoms with Crippen LogP contribution in [-0.2, 0) is 4.79 Å². The van der Waals surface area contributed by atoms with Crippen LogP contribution in [0.4, 0.5) is 8.78 Å². The molecular formula is C9H13F2NO. The molecule has 0 atom stereocenters. The lowest BCUT2D eigenvalue weighted by molar-refractivity contribution is -0.134. The van der Waals surface area contributed by atoms with E-state index in [-0.39, 0.29) is 24.7 Å². The predicted octanol–water partition coefficient (Wildman–Crippen LogP) is 1.65. The molecule has 0 radical (unpaired) electrons. The Labute approximate surface area is 75.9 Å². The maximum Gasteiger partial charge on any atom is 0.248 e. The maximum absolute atomic E-state index is 12.7. The Kier molecular flexibility index (Phi) is 2.00. The molecule has 1 saturated carbocycles. The summed E-state index contributed by atoms with van der Waals surface area (Å²) in [6, 6.07) is 0. The van der Waals surface area contributed by atoms with Gasteiger partial charge >= 0.3 is 0 Å². The van der Waals surface area contributed by atoms with Crippen LogP contribution in [0.3, 0.4) is 0 Å². The Morgan fingerprint density at radius 2 is 1.77 bits per heavy atom. The topological polar surface area (TPSA) is 20.1 Å². The van der Waals surface area contributed by atoms with Gasteiger partial charge < -0.3 is 4.90 Å². The van der Waals surface area contributed by atoms with Crippen LogP contribution in [0.1, 0.15) is 25.7 Å². The lowest BCUT2D eigenvalue weighted by atomic mass is 9.86. The van der Waals surface area contributed by atoms with E-state index < -0.39 is 5.92 Å². The number of halogens is 2. The molecule has 0 spiro atoms. The lowest BCUT2D eigenvalue weighted by Gasteiger charge is -2.27. The molecular weight excluding hydrogens is 176 g/mol. The van der Waals surface area contributed by atoms with Crippen molar-refractivity contribution in [3.63, 3.8) is 0 Å². The highest BCUT2D eigenvalue weighted by Gasteiger charge is 2.40. The summed E-state index contributed by atoms with van der Waals surface area (Å²) < 4.78 is 25.5. The Balaban J connectivity index is 1.86. The van der Waals surface area contributed by atoms with Gasteiger partial charge in [-0.1, -0.05) is 0 Å². The average molecular weight is 189 g/mol. The molecule has 1 aliphatic heterocycles. The molecule has 0 aromatic rings. The smallest absolute Gasteiger partial charge is 0.248 e. The summed E-state index contributed by atoms with van der Waals surface area (Å²) in [4.78, 5) is 13.2. The number of nitrogens with zero attached hydrogens (tertiary/aromatic N) is 1. The summed E-state index contributed by atoms with van der Waals surface area (Å²) in [5, 5.41) is 0. The van der Waals surface area contributed by atoms with Crippen LogP contribution in [0.2, 0.25) is 0 Å². The van der Waals surface area contributed by atoms with Crippen molar-refractivity contribution in [1.82, 2.24) is 4.90 Å². The minimum absolute atomic E-state index is 0.0931. The average Bonchev–Trinajstić information content (AvgIpc) is 2.85. The molecule has 1 amide bonds. The standard InChI is InChI=1S/C9H13F2NO/c10-9(11)3-1-7(2-4-9)8(13)12-5-6-12/h7H,1-6H2. The van der Waals surface area contributed by atoms with Gasteiger partial charge in [0.05, 0.1) is 0 Å². The van der Waals surface area contributed by atoms with Gasteiger partial charge in [0.25, 0.3) is 0 Å². The first-order valence-corrected chi connectivity index (χ1v) is 4.75. The van der Waals surface area contributed by atoms with E-state index >= 15 is 0 Å². The summed E-state index contributed by atoms with van der Waals surface area (Å²) in [5.41, 5.74) is 0. The van der Waals surface area contributed by atoms with Crippen LogP contribution in [-0.4, -0.2) is 29.8 Å². The molecule has 0 aromatic carbocycles. The van der Waals surface area contributed by atoms with Gasteiger partial charge in [-0.25, -0.2) is 8.78 Å². The van der Waals surface area contributed by atoms with E-state index in [1.807, 2.05) is 0 Å². The third-order valence-electron chi connectivity index (χ3n) is 2.83. The zero-order valence-corrected chi connectivity index (χ0v) is 7.43. The molecule has 0 N–H and O–H groups in total. The van der Waals surface area contributed by atoms with Gasteiger partial charge in [0.2, 0.25) is 11.8 Å². The molecule has 2 aliphatic rings. The van der Waals surface area contributed by atoms with Gasteiger partial charge in [0, 0.05) is 31.8 Å². The van der Waals surface area contributed by atoms with Crippen LogP contribution in [0.25, 0.3) is 0 Å². The van der Waals surface area contributed by atoms with Crippen molar-refractivity contribution >= 4 is 5.91 Å². The summed E-state index contributed by atoms with van der Waals surface area (Å²) in [6.07, 6.45) is 0.499. The SMILES string of the molecule is O=C(C1CCC(F)(F)CC1)N1CC1. The van der Waals surface area contributed by atoms with Crippen molar-refractivity contribution in [1.29, 1.82) is 0 Å². The van der Waals surface area contributed by atoms with E-state index in [2.05, 4.69) is 0 Å². The lowest BCUT2D eigenvalue weighted by Crippen LogP contribution is -2.31. The fourth-order valence-electron chi connectivity index (χ4n) is 1.82. The van der Waals surface area contributed by atoms with E-state index in [9.17, 15) is 13.6 Å². The fraction of sp³-hybridized carbons (Fsp3) is 0.889. The third kappa shape index (κ3) is 1.98. The maximum atomic E-state index is 12.7. The van der Waals surface area contributed by atoms with E-state index in [4.69, 9.17) is 0 Å². The first-order valence-electron chi connectivity index (χ1n) is 4.75. The largest absolute Gasteiger partial charge is 0.339 e. The van der Waals surface area contributed by atoms with Gasteiger partial charge in [-0.05, 0) is 12.8 Å². The quantitative estimate of drug-likeness (QED) is 0.574. The predicted molar refractivity (Wildman–Crippen MR) is 43.5 cm³/mol. The highest BCUT2D eigenvalue weighted by atomic mass is 19.3. The van der Waals surface area contributed by atoms with Crippen LogP contribution in [0.5, 0.6) is 0 Å². The number of hydrogen-bond donors (Lipinski definition) is 0. The van der Waals surface area contributed by atoms with Gasteiger partial charge in [0.1, 0.15) is 0 Å². The number of carbonyl (C=O) groups is 1. The summed E-state index contributed by atoms with van der Waals surface area (Å²) >= 11 is 0. The zero-order valence-electron chi connectivity index (χ0n) is 7.43. The zero-order chi connectivity index (χ0) is 9.47. The Morgan fingerprint density at radius 3 is 2.23 bits per heavy atom. The van der Waals surface area contributed by atoms with Crippen LogP contribution >= 0.6 is 0 Å². The van der Waals surface area contributed by atoms with Crippen molar-refractivity contribution in [2.24, 2.45) is 5.92 Å². The second kappa shape index (κ2) is 2.93. The van der Waals surface area contributed by atoms with Crippen LogP contribution in [0.15, 0.2) is 0 Å². The van der Waals surface area contributed by atoms with Crippen molar-refractivity contribution in [3.05, 3.63) is 0 Å². The molecule has 0 unspecified atom stereocenters. The monoisotopic (exact) mass is 189 g/mol. The van der Waals surface area contributed by atoms with Gasteiger partial charge in [-0.3, -0.25) is 4.79 Å². The van der Waals surface area contributed by atoms with Crippen molar-refractivity contribution in [2.45, 2.75) is 31.6 Å². The number of rotatable bonds is 1. The second-order valence-corrected chi connectivity index (χ2v) is 3.96. The van der Waals surface area contributed by atoms with Crippen LogP contribution in [0, 0.1) is 5.92 Å². The minimum Gasteiger partial charge on any atom is -0.339 e. The highest BCUT2D eigenvalue weighted by Crippen LogP contribution is 2.37. The molecule has 74 valence electrons. The van der Waals surface area contributed by atoms with Gasteiger partial charge in [-0.2, -0.15) is 0 Å². The molecule has 0 aromatic heterocycles. The molecule has 1 aliphatic carbocycles. The normalized spacial score (nSPS) is 27.4. The Hall–Kier alpha value is -0.670. The molecule has 2 nitrogen and oxygen atoms in total. The van der Waals surface area contributed by atoms with E-state index in [0.29, 0.717) is 12.8 Å². The molecule has 1 heterocycles.